The van der Waals surface area contributed by atoms with E-state index in [0.29, 0.717) is 38.2 Å². The van der Waals surface area contributed by atoms with Gasteiger partial charge in [0.1, 0.15) is 6.17 Å². The second kappa shape index (κ2) is 9.52. The van der Waals surface area contributed by atoms with Gasteiger partial charge in [-0.2, -0.15) is 0 Å². The van der Waals surface area contributed by atoms with E-state index in [0.717, 1.165) is 22.0 Å². The summed E-state index contributed by atoms with van der Waals surface area (Å²) in [6.07, 6.45) is 1.94. The number of anilines is 1. The van der Waals surface area contributed by atoms with Crippen LogP contribution < -0.4 is 10.6 Å². The molecule has 1 fully saturated rings. The molecule has 0 radical (unpaired) electrons. The van der Waals surface area contributed by atoms with Gasteiger partial charge in [0.25, 0.3) is 0 Å². The van der Waals surface area contributed by atoms with E-state index >= 15 is 0 Å². The highest BCUT2D eigenvalue weighted by Gasteiger charge is 2.25. The lowest BCUT2D eigenvalue weighted by atomic mass is 9.99. The van der Waals surface area contributed by atoms with Crippen LogP contribution in [0.25, 0.3) is 10.8 Å². The lowest BCUT2D eigenvalue weighted by Gasteiger charge is -2.34. The van der Waals surface area contributed by atoms with Gasteiger partial charge >= 0.3 is 5.97 Å². The summed E-state index contributed by atoms with van der Waals surface area (Å²) in [5.41, 5.74) is 2.40. The Morgan fingerprint density at radius 1 is 1.17 bits per heavy atom. The predicted molar refractivity (Wildman–Crippen MR) is 112 cm³/mol. The largest absolute Gasteiger partial charge is 0.481 e. The topological polar surface area (TPSA) is 81.7 Å². The minimum Gasteiger partial charge on any atom is -0.481 e. The molecule has 154 valence electrons. The number of nitrogens with zero attached hydrogens (tertiary/aromatic N) is 1. The first-order valence-corrected chi connectivity index (χ1v) is 9.74. The number of carbonyl (C=O) groups excluding carboxylic acids is 1. The molecule has 0 saturated carbocycles. The van der Waals surface area contributed by atoms with Gasteiger partial charge < -0.3 is 15.7 Å². The van der Waals surface area contributed by atoms with E-state index in [1.807, 2.05) is 41.3 Å². The first-order valence-electron chi connectivity index (χ1n) is 9.74. The van der Waals surface area contributed by atoms with Gasteiger partial charge in [0.2, 0.25) is 5.91 Å². The molecule has 0 unspecified atom stereocenters. The van der Waals surface area contributed by atoms with Gasteiger partial charge in [-0.25, -0.2) is 4.39 Å². The molecular formula is C22H26FN3O3. The smallest absolute Gasteiger partial charge is 0.303 e. The normalized spacial score (nSPS) is 15.2. The quantitative estimate of drug-likeness (QED) is 0.565. The Morgan fingerprint density at radius 3 is 2.59 bits per heavy atom. The molecule has 3 rings (SSSR count). The Labute approximate surface area is 169 Å². The molecule has 0 aliphatic carbocycles. The summed E-state index contributed by atoms with van der Waals surface area (Å²) in [7, 11) is 1.76. The van der Waals surface area contributed by atoms with Crippen molar-refractivity contribution < 1.29 is 19.1 Å². The van der Waals surface area contributed by atoms with E-state index in [-0.39, 0.29) is 12.3 Å². The van der Waals surface area contributed by atoms with Crippen LogP contribution in [0.4, 0.5) is 10.1 Å². The number of halogens is 1. The van der Waals surface area contributed by atoms with Crippen molar-refractivity contribution in [3.8, 4) is 0 Å². The summed E-state index contributed by atoms with van der Waals surface area (Å²) < 4.78 is 12.9. The van der Waals surface area contributed by atoms with Gasteiger partial charge in [-0.15, -0.1) is 0 Å². The minimum atomic E-state index is -0.837. The Morgan fingerprint density at radius 2 is 1.90 bits per heavy atom. The molecule has 1 amide bonds. The van der Waals surface area contributed by atoms with Crippen molar-refractivity contribution in [3.63, 3.8) is 0 Å². The summed E-state index contributed by atoms with van der Waals surface area (Å²) in [6.45, 7) is 1.63. The van der Waals surface area contributed by atoms with Crippen LogP contribution in [0.1, 0.15) is 18.4 Å². The van der Waals surface area contributed by atoms with Crippen LogP contribution in [0.3, 0.4) is 0 Å². The molecule has 2 aromatic rings. The fraction of sp³-hybridized carbons (Fsp3) is 0.364. The predicted octanol–water partition coefficient (Wildman–Crippen LogP) is 2.94. The molecular weight excluding hydrogens is 373 g/mol. The Hall–Kier alpha value is -2.93. The fourth-order valence-electron chi connectivity index (χ4n) is 3.51. The SMILES string of the molecule is CN/C(=C\C(=O)Nc1cccc2c(CCC(=O)O)cccc12)CCN1CC(F)C1. The zero-order valence-corrected chi connectivity index (χ0v) is 16.5. The maximum absolute atomic E-state index is 12.9. The Bertz CT molecular complexity index is 923. The zero-order valence-electron chi connectivity index (χ0n) is 16.5. The van der Waals surface area contributed by atoms with Crippen molar-refractivity contribution in [2.45, 2.75) is 25.4 Å². The van der Waals surface area contributed by atoms with E-state index in [2.05, 4.69) is 10.6 Å². The molecule has 0 atom stereocenters. The number of likely N-dealkylation sites (tertiary alicyclic amines) is 1. The number of amides is 1. The number of carbonyl (C=O) groups is 2. The van der Waals surface area contributed by atoms with Crippen molar-refractivity contribution in [2.24, 2.45) is 0 Å². The standard InChI is InChI=1S/C22H26FN3O3/c1-24-17(10-11-26-13-16(23)14-26)12-21(27)25-20-7-3-5-18-15(8-9-22(28)29)4-2-6-19(18)20/h2-7,12,16,24H,8-11,13-14H2,1H3,(H,25,27)(H,28,29)/b17-12-. The Kier molecular flexibility index (Phi) is 6.82. The van der Waals surface area contributed by atoms with Gasteiger partial charge in [0.05, 0.1) is 0 Å². The maximum Gasteiger partial charge on any atom is 0.303 e. The molecule has 1 aliphatic heterocycles. The number of rotatable bonds is 9. The summed E-state index contributed by atoms with van der Waals surface area (Å²) in [6, 6.07) is 11.3. The van der Waals surface area contributed by atoms with E-state index in [1.54, 1.807) is 7.05 Å². The van der Waals surface area contributed by atoms with Crippen LogP contribution in [0.5, 0.6) is 0 Å². The highest BCUT2D eigenvalue weighted by molar-refractivity contribution is 6.07. The van der Waals surface area contributed by atoms with Crippen molar-refractivity contribution in [2.75, 3.05) is 32.0 Å². The summed E-state index contributed by atoms with van der Waals surface area (Å²) in [5, 5.41) is 16.7. The van der Waals surface area contributed by atoms with Gasteiger partial charge in [0, 0.05) is 62.4 Å². The zero-order chi connectivity index (χ0) is 20.8. The highest BCUT2D eigenvalue weighted by atomic mass is 19.1. The first kappa shape index (κ1) is 20.8. The molecule has 0 spiro atoms. The number of aryl methyl sites for hydroxylation is 1. The number of hydrogen-bond acceptors (Lipinski definition) is 4. The molecule has 1 heterocycles. The monoisotopic (exact) mass is 399 g/mol. The molecule has 3 N–H and O–H groups in total. The maximum atomic E-state index is 12.9. The molecule has 0 aromatic heterocycles. The van der Waals surface area contributed by atoms with Gasteiger partial charge in [-0.1, -0.05) is 30.3 Å². The van der Waals surface area contributed by atoms with Crippen molar-refractivity contribution in [1.82, 2.24) is 10.2 Å². The Balaban J connectivity index is 1.70. The molecule has 29 heavy (non-hydrogen) atoms. The number of hydrogen-bond donors (Lipinski definition) is 3. The van der Waals surface area contributed by atoms with Gasteiger partial charge in [0.15, 0.2) is 0 Å². The lowest BCUT2D eigenvalue weighted by molar-refractivity contribution is -0.137. The second-order valence-corrected chi connectivity index (χ2v) is 7.23. The first-order chi connectivity index (χ1) is 14.0. The minimum absolute atomic E-state index is 0.0597. The molecule has 7 heteroatoms. The molecule has 1 saturated heterocycles. The third-order valence-corrected chi connectivity index (χ3v) is 5.11. The summed E-state index contributed by atoms with van der Waals surface area (Å²) >= 11 is 0. The average Bonchev–Trinajstić information content (AvgIpc) is 2.67. The van der Waals surface area contributed by atoms with E-state index in [1.165, 1.54) is 6.08 Å². The number of fused-ring (bicyclic) bond motifs is 1. The van der Waals surface area contributed by atoms with E-state index in [4.69, 9.17) is 5.11 Å². The van der Waals surface area contributed by atoms with Crippen LogP contribution in [0, 0.1) is 0 Å². The third kappa shape index (κ3) is 5.54. The third-order valence-electron chi connectivity index (χ3n) is 5.11. The van der Waals surface area contributed by atoms with Crippen molar-refractivity contribution in [3.05, 3.63) is 53.7 Å². The molecule has 6 nitrogen and oxygen atoms in total. The van der Waals surface area contributed by atoms with Crippen molar-refractivity contribution in [1.29, 1.82) is 0 Å². The van der Waals surface area contributed by atoms with Crippen LogP contribution in [-0.4, -0.2) is 54.7 Å². The number of benzene rings is 2. The number of aliphatic carboxylic acids is 1. The molecule has 2 aromatic carbocycles. The molecule has 0 bridgehead atoms. The van der Waals surface area contributed by atoms with Crippen LogP contribution in [0.15, 0.2) is 48.2 Å². The fourth-order valence-corrected chi connectivity index (χ4v) is 3.51. The number of alkyl halides is 1. The number of nitrogens with one attached hydrogen (secondary N) is 2. The second-order valence-electron chi connectivity index (χ2n) is 7.23. The van der Waals surface area contributed by atoms with Crippen LogP contribution in [-0.2, 0) is 16.0 Å². The lowest BCUT2D eigenvalue weighted by Crippen LogP contribution is -2.48. The van der Waals surface area contributed by atoms with Crippen LogP contribution >= 0.6 is 0 Å². The summed E-state index contributed by atoms with van der Waals surface area (Å²) in [5.74, 6) is -1.08. The van der Waals surface area contributed by atoms with Crippen LogP contribution in [0.2, 0.25) is 0 Å². The van der Waals surface area contributed by atoms with Gasteiger partial charge in [-0.3, -0.25) is 14.5 Å². The number of carboxylic acids is 1. The van der Waals surface area contributed by atoms with E-state index < -0.39 is 12.1 Å². The average molecular weight is 399 g/mol. The molecule has 1 aliphatic rings. The van der Waals surface area contributed by atoms with Crippen molar-refractivity contribution >= 4 is 28.3 Å². The highest BCUT2D eigenvalue weighted by Crippen LogP contribution is 2.27. The number of carboxylic acid groups (broad SMARTS) is 1. The summed E-state index contributed by atoms with van der Waals surface area (Å²) in [4.78, 5) is 25.4. The van der Waals surface area contributed by atoms with E-state index in [9.17, 15) is 14.0 Å². The van der Waals surface area contributed by atoms with Gasteiger partial charge in [-0.05, 0) is 23.4 Å².